The number of benzene rings is 18. The Hall–Kier alpha value is -7.80. The van der Waals surface area contributed by atoms with E-state index in [0.717, 1.165) is 49.9 Å². The van der Waals surface area contributed by atoms with E-state index in [9.17, 15) is 0 Å². The SMILES string of the molecule is CC.CC.CC.CC.CC.Cc1cc2c(C)c3cc(C)c(C)cc3c(C)c2cc1C.Cc1ccc(C)c2ccccc12.Cc1ccc2ccc(C)cc2c1.[Y].[Y].[Y].[Y].[c-]1ccccc1-c1[c-]c2ccccc2cc1.[c-]1ccccc1-c1[c-]cc2ccccc2c1.[c-]1ccccc1-c1[c-]ccc2ccccc12.[c-]1ccccc1-c1[c-]cccc1. The van der Waals surface area contributed by atoms with E-state index in [4.69, 9.17) is 0 Å². The van der Waals surface area contributed by atoms with Gasteiger partial charge in [0, 0.05) is 131 Å². The van der Waals surface area contributed by atoms with Crippen molar-refractivity contribution < 1.29 is 131 Å². The van der Waals surface area contributed by atoms with Crippen molar-refractivity contribution in [3.05, 3.63) is 432 Å². The smallest absolute Gasteiger partial charge is 0 e. The van der Waals surface area contributed by atoms with Crippen molar-refractivity contribution in [1.29, 1.82) is 0 Å². The van der Waals surface area contributed by atoms with Crippen LogP contribution < -0.4 is 0 Å². The molecule has 0 aliphatic heterocycles. The number of hydrogen-bond acceptors (Lipinski definition) is 0. The van der Waals surface area contributed by atoms with E-state index < -0.39 is 0 Å². The van der Waals surface area contributed by atoms with Crippen molar-refractivity contribution in [2.24, 2.45) is 0 Å². The van der Waals surface area contributed by atoms with E-state index in [1.165, 1.54) is 126 Å². The maximum Gasteiger partial charge on any atom is 0 e. The van der Waals surface area contributed by atoms with Gasteiger partial charge in [0.05, 0.1) is 0 Å². The zero-order chi connectivity index (χ0) is 82.3. The Bertz CT molecular complexity index is 5510. The molecule has 0 nitrogen and oxygen atoms in total. The molecule has 0 saturated carbocycles. The summed E-state index contributed by atoms with van der Waals surface area (Å²) < 4.78 is 0. The number of rotatable bonds is 4. The zero-order valence-corrected chi connectivity index (χ0v) is 84.8. The molecule has 118 heavy (non-hydrogen) atoms. The van der Waals surface area contributed by atoms with Crippen LogP contribution in [0.5, 0.6) is 0 Å². The van der Waals surface area contributed by atoms with Crippen molar-refractivity contribution in [3.8, 4) is 44.5 Å². The molecular formula is C114H114Y4-8. The fourth-order valence-corrected chi connectivity index (χ4v) is 13.0. The largest absolute Gasteiger partial charge is 0.226 e. The van der Waals surface area contributed by atoms with Crippen LogP contribution in [0.4, 0.5) is 0 Å². The van der Waals surface area contributed by atoms with Gasteiger partial charge in [-0.1, -0.05) is 243 Å². The predicted molar refractivity (Wildman–Crippen MR) is 504 cm³/mol. The quantitative estimate of drug-likeness (QED) is 0.122. The first kappa shape index (κ1) is 104. The van der Waals surface area contributed by atoms with Gasteiger partial charge in [0.1, 0.15) is 0 Å². The average molecular weight is 1840 g/mol. The molecule has 0 bridgehead atoms. The molecule has 0 aromatic heterocycles. The van der Waals surface area contributed by atoms with Crippen molar-refractivity contribution in [2.75, 3.05) is 0 Å². The van der Waals surface area contributed by atoms with Gasteiger partial charge in [-0.25, -0.2) is 38.9 Å². The van der Waals surface area contributed by atoms with E-state index in [0.29, 0.717) is 0 Å². The molecule has 0 spiro atoms. The van der Waals surface area contributed by atoms with Crippen LogP contribution >= 0.6 is 0 Å². The minimum atomic E-state index is 0. The molecule has 18 aromatic carbocycles. The molecule has 18 aromatic rings. The summed E-state index contributed by atoms with van der Waals surface area (Å²) in [5.41, 5.74) is 22.5. The summed E-state index contributed by atoms with van der Waals surface area (Å²) in [5.74, 6) is 0. The van der Waals surface area contributed by atoms with Gasteiger partial charge < -0.3 is 0 Å². The molecule has 0 heterocycles. The summed E-state index contributed by atoms with van der Waals surface area (Å²) in [4.78, 5) is 0. The number of aryl methyl sites for hydroxylation is 10. The van der Waals surface area contributed by atoms with Crippen LogP contribution in [0.1, 0.15) is 125 Å². The van der Waals surface area contributed by atoms with E-state index in [1.807, 2.05) is 203 Å². The third kappa shape index (κ3) is 30.1. The topological polar surface area (TPSA) is 0 Å². The second-order valence-electron chi connectivity index (χ2n) is 26.6. The normalized spacial score (nSPS) is 9.59. The summed E-state index contributed by atoms with van der Waals surface area (Å²) in [6, 6.07) is 139. The maximum atomic E-state index is 3.41. The van der Waals surface area contributed by atoms with E-state index in [1.54, 1.807) is 0 Å². The molecule has 4 radical (unpaired) electrons. The van der Waals surface area contributed by atoms with Crippen LogP contribution in [0.15, 0.2) is 328 Å². The van der Waals surface area contributed by atoms with Gasteiger partial charge in [-0.05, 0) is 157 Å². The second kappa shape index (κ2) is 56.7. The summed E-state index contributed by atoms with van der Waals surface area (Å²) in [5, 5.41) is 18.3. The van der Waals surface area contributed by atoms with Crippen molar-refractivity contribution in [2.45, 2.75) is 138 Å². The van der Waals surface area contributed by atoms with Gasteiger partial charge in [-0.2, -0.15) is 163 Å². The van der Waals surface area contributed by atoms with Crippen LogP contribution in [0.2, 0.25) is 0 Å². The second-order valence-corrected chi connectivity index (χ2v) is 26.6. The Morgan fingerprint density at radius 3 is 0.941 bits per heavy atom. The molecule has 590 valence electrons. The van der Waals surface area contributed by atoms with Gasteiger partial charge in [0.15, 0.2) is 0 Å². The predicted octanol–water partition coefficient (Wildman–Crippen LogP) is 33.2. The first-order valence-electron chi connectivity index (χ1n) is 40.6. The van der Waals surface area contributed by atoms with E-state index >= 15 is 0 Å². The van der Waals surface area contributed by atoms with Gasteiger partial charge in [0.2, 0.25) is 0 Å². The van der Waals surface area contributed by atoms with E-state index in [2.05, 4.69) is 312 Å². The molecule has 0 aliphatic carbocycles. The van der Waals surface area contributed by atoms with Crippen molar-refractivity contribution >= 4 is 75.4 Å². The number of fused-ring (bicyclic) bond motifs is 7. The standard InChI is InChI=1S/C20H22.3C16H10.2C12H12.C12H8.5C2H6.4Y/c1-11-7-17-15(5)19-9-13(3)14(4)10-20(19)16(6)18(17)8-12(11)2;1-2-7-13(8-3-1)16-12-6-10-14-9-4-5-11-15(14)16;2*1-2-6-13(7-3-1)16-11-10-14-8-4-5-9-15(14)12-16;1-9-3-5-11-6-4-10(2)8-12(11)7-9;1-9-7-8-10(2)12-6-4-3-5-11(9)12;1-3-7-11(8-4-1)12-9-5-2-6-10-12;5*1-2;;;;/h7-10H,1-6H3;1-7,9-11H;1-6,8-10,12H;1-6,8-11H;2*3-8H,1-2H3;1-7,9H;5*1-2H3;;;;/q;3*-2;;;-2;;;;;;;;;. The Morgan fingerprint density at radius 1 is 0.186 bits per heavy atom. The Labute approximate surface area is 811 Å². The summed E-state index contributed by atoms with van der Waals surface area (Å²) in [7, 11) is 0. The van der Waals surface area contributed by atoms with Crippen LogP contribution in [-0.2, 0) is 131 Å². The zero-order valence-electron chi connectivity index (χ0n) is 73.5. The minimum absolute atomic E-state index is 0. The molecule has 0 aliphatic rings. The van der Waals surface area contributed by atoms with Crippen molar-refractivity contribution in [3.63, 3.8) is 0 Å². The summed E-state index contributed by atoms with van der Waals surface area (Å²) in [6.07, 6.45) is 0. The fourth-order valence-electron chi connectivity index (χ4n) is 13.0. The molecule has 0 saturated heterocycles. The Morgan fingerprint density at radius 2 is 0.525 bits per heavy atom. The summed E-state index contributed by atoms with van der Waals surface area (Å²) in [6.45, 7) is 41.9. The molecule has 18 rings (SSSR count). The fraction of sp³-hybridized carbons (Fsp3) is 0.175. The first-order chi connectivity index (χ1) is 55.7. The third-order valence-electron chi connectivity index (χ3n) is 19.1. The molecule has 0 amide bonds. The van der Waals surface area contributed by atoms with Crippen LogP contribution in [0, 0.1) is 118 Å². The molecule has 0 atom stereocenters. The Balaban J connectivity index is 0.000000349. The van der Waals surface area contributed by atoms with Gasteiger partial charge in [-0.3, -0.25) is 0 Å². The van der Waals surface area contributed by atoms with Crippen molar-refractivity contribution in [1.82, 2.24) is 0 Å². The summed E-state index contributed by atoms with van der Waals surface area (Å²) >= 11 is 0. The monoisotopic (exact) mass is 1840 g/mol. The van der Waals surface area contributed by atoms with Crippen LogP contribution in [0.25, 0.3) is 120 Å². The van der Waals surface area contributed by atoms with Crippen LogP contribution in [-0.4, -0.2) is 0 Å². The minimum Gasteiger partial charge on any atom is -0.226 e. The first-order valence-corrected chi connectivity index (χ1v) is 40.6. The van der Waals surface area contributed by atoms with Gasteiger partial charge in [0.25, 0.3) is 0 Å². The third-order valence-corrected chi connectivity index (χ3v) is 19.1. The number of hydrogen-bond donors (Lipinski definition) is 0. The Kier molecular flexibility index (Phi) is 50.1. The van der Waals surface area contributed by atoms with Crippen LogP contribution in [0.3, 0.4) is 0 Å². The molecular weight excluding hydrogens is 1720 g/mol. The molecule has 4 heteroatoms. The molecule has 0 unspecified atom stereocenters. The van der Waals surface area contributed by atoms with E-state index in [-0.39, 0.29) is 131 Å². The van der Waals surface area contributed by atoms with Gasteiger partial charge >= 0.3 is 0 Å². The molecule has 0 fully saturated rings. The van der Waals surface area contributed by atoms with Gasteiger partial charge in [-0.15, -0.1) is 87.6 Å². The molecule has 0 N–H and O–H groups in total. The maximum absolute atomic E-state index is 3.41. The average Bonchev–Trinajstić information content (AvgIpc) is 0.747.